The number of aromatic nitrogens is 6. The van der Waals surface area contributed by atoms with Crippen LogP contribution in [0.4, 0.5) is 0 Å². The molecule has 0 amide bonds. The Morgan fingerprint density at radius 1 is 0.510 bits per heavy atom. The van der Waals surface area contributed by atoms with Crippen LogP contribution in [-0.2, 0) is 0 Å². The van der Waals surface area contributed by atoms with E-state index in [2.05, 4.69) is 24.9 Å². The molecule has 0 saturated carbocycles. The molecule has 0 bridgehead atoms. The fourth-order valence-electron chi connectivity index (χ4n) is 5.62. The summed E-state index contributed by atoms with van der Waals surface area (Å²) in [6, 6.07) is 32.1. The van der Waals surface area contributed by atoms with E-state index >= 15 is 0 Å². The highest BCUT2D eigenvalue weighted by atomic mass is 16.5. The maximum absolute atomic E-state index is 8.60. The quantitative estimate of drug-likeness (QED) is 0.151. The smallest absolute Gasteiger partial charge is 0.237 e. The number of nitrogens with zero attached hydrogens (tertiary/aromatic N) is 6. The van der Waals surface area contributed by atoms with Crippen molar-refractivity contribution in [1.29, 1.82) is 0 Å². The van der Waals surface area contributed by atoms with Gasteiger partial charge in [-0.1, -0.05) is 24.3 Å². The van der Waals surface area contributed by atoms with Crippen LogP contribution in [0.1, 0.15) is 15.2 Å². The van der Waals surface area contributed by atoms with Crippen LogP contribution >= 0.6 is 0 Å². The van der Waals surface area contributed by atoms with Crippen LogP contribution in [0.5, 0.6) is 46.3 Å². The Morgan fingerprint density at radius 2 is 1.02 bits per heavy atom. The third kappa shape index (κ3) is 6.18. The maximum Gasteiger partial charge on any atom is 0.237 e. The van der Waals surface area contributed by atoms with Crippen LogP contribution in [0.3, 0.4) is 0 Å². The predicted octanol–water partition coefficient (Wildman–Crippen LogP) is 9.54. The van der Waals surface area contributed by atoms with Crippen LogP contribution < -0.4 is 18.9 Å². The minimum atomic E-state index is -2.50. The first kappa shape index (κ1) is 26.3. The van der Waals surface area contributed by atoms with Gasteiger partial charge >= 0.3 is 0 Å². The van der Waals surface area contributed by atoms with Gasteiger partial charge in [0, 0.05) is 63.7 Å². The summed E-state index contributed by atoms with van der Waals surface area (Å²) in [4.78, 5) is 21.3. The van der Waals surface area contributed by atoms with Crippen molar-refractivity contribution in [2.75, 3.05) is 0 Å². The number of aryl methyl sites for hydroxylation is 2. The van der Waals surface area contributed by atoms with Gasteiger partial charge in [0.2, 0.25) is 17.7 Å². The van der Waals surface area contributed by atoms with Crippen molar-refractivity contribution >= 4 is 21.8 Å². The van der Waals surface area contributed by atoms with Crippen LogP contribution in [-0.4, -0.2) is 29.5 Å². The average Bonchev–Trinajstić information content (AvgIpc) is 3.46. The molecular weight excluding hydrogens is 616 g/mol. The topological polar surface area (TPSA) is 106 Å². The first-order valence-electron chi connectivity index (χ1n) is 16.8. The number of fused-ring (bicyclic) bond motifs is 3. The second-order valence-electron chi connectivity index (χ2n) is 11.0. The third-order valence-corrected chi connectivity index (χ3v) is 7.59. The lowest BCUT2D eigenvalue weighted by Crippen LogP contribution is -2.01. The minimum Gasteiger partial charge on any atom is -0.457 e. The number of rotatable bonds is 9. The summed E-state index contributed by atoms with van der Waals surface area (Å²) in [5.74, 6) is 4.00. The summed E-state index contributed by atoms with van der Waals surface area (Å²) in [6.45, 7) is -0.594. The molecule has 8 aromatic rings. The van der Waals surface area contributed by atoms with Gasteiger partial charge in [0.05, 0.1) is 11.0 Å². The third-order valence-electron chi connectivity index (χ3n) is 7.59. The molecule has 0 atom stereocenters. The van der Waals surface area contributed by atoms with E-state index in [9.17, 15) is 0 Å². The van der Waals surface area contributed by atoms with Gasteiger partial charge in [-0.25, -0.2) is 24.9 Å². The monoisotopic (exact) mass is 647 g/mol. The summed E-state index contributed by atoms with van der Waals surface area (Å²) in [5, 5.41) is 1.23. The van der Waals surface area contributed by atoms with Crippen molar-refractivity contribution in [3.8, 4) is 52.2 Å². The van der Waals surface area contributed by atoms with Crippen molar-refractivity contribution in [3.63, 3.8) is 0 Å². The van der Waals surface area contributed by atoms with Crippen LogP contribution in [0.2, 0.25) is 0 Å². The van der Waals surface area contributed by atoms with E-state index < -0.39 is 6.85 Å². The maximum atomic E-state index is 8.60. The lowest BCUT2D eigenvalue weighted by atomic mass is 10.0. The second-order valence-corrected chi connectivity index (χ2v) is 11.0. The van der Waals surface area contributed by atoms with Gasteiger partial charge in [-0.2, -0.15) is 0 Å². The molecule has 0 radical (unpaired) electrons. The Hall–Kier alpha value is -6.81. The predicted molar refractivity (Wildman–Crippen MR) is 185 cm³/mol. The van der Waals surface area contributed by atoms with Gasteiger partial charge in [-0.15, -0.1) is 0 Å². The molecule has 0 saturated heterocycles. The Morgan fingerprint density at radius 3 is 1.53 bits per heavy atom. The van der Waals surface area contributed by atoms with Gasteiger partial charge in [-0.05, 0) is 73.4 Å². The van der Waals surface area contributed by atoms with E-state index in [0.717, 1.165) is 5.56 Å². The van der Waals surface area contributed by atoms with E-state index in [-0.39, 0.29) is 11.5 Å². The molecular formula is C39H28N6O4. The summed E-state index contributed by atoms with van der Waals surface area (Å²) >= 11 is 0. The minimum absolute atomic E-state index is 0.106. The van der Waals surface area contributed by atoms with E-state index in [1.54, 1.807) is 77.6 Å². The molecule has 0 unspecified atom stereocenters. The number of hydrogen-bond donors (Lipinski definition) is 0. The molecule has 4 aromatic heterocycles. The van der Waals surface area contributed by atoms with Gasteiger partial charge in [0.15, 0.2) is 0 Å². The fraction of sp³-hybridized carbons (Fsp3) is 0.0513. The van der Waals surface area contributed by atoms with Crippen molar-refractivity contribution in [1.82, 2.24) is 29.5 Å². The van der Waals surface area contributed by atoms with E-state index in [4.69, 9.17) is 23.1 Å². The lowest BCUT2D eigenvalue weighted by Gasteiger charge is -2.11. The molecule has 10 nitrogen and oxygen atoms in total. The zero-order valence-electron chi connectivity index (χ0n) is 29.0. The highest BCUT2D eigenvalue weighted by Gasteiger charge is 2.20. The average molecular weight is 648 g/mol. The standard InChI is InChI=1S/C39H28N6O4/c1-25-17-31(46-27-9-7-11-29(19-27)48-35-13-3-5-15-41-35)21-33-37(25)38-26(2)18-32(22-34(38)45(33)39-43-23-40-24-44-39)47-28-10-8-12-30(20-28)49-36-14-4-6-16-42-36/h3-24H,1-2H3/i1D3. The van der Waals surface area contributed by atoms with Crippen molar-refractivity contribution in [2.24, 2.45) is 0 Å². The first-order chi connectivity index (χ1) is 25.3. The summed E-state index contributed by atoms with van der Waals surface area (Å²) in [5.41, 5.74) is 2.04. The molecule has 238 valence electrons. The van der Waals surface area contributed by atoms with E-state index in [0.29, 0.717) is 68.1 Å². The Bertz CT molecular complexity index is 2530. The van der Waals surface area contributed by atoms with Gasteiger partial charge in [0.25, 0.3) is 0 Å². The van der Waals surface area contributed by atoms with Crippen LogP contribution in [0.15, 0.2) is 134 Å². The molecule has 49 heavy (non-hydrogen) atoms. The zero-order valence-corrected chi connectivity index (χ0v) is 26.0. The van der Waals surface area contributed by atoms with Gasteiger partial charge < -0.3 is 18.9 Å². The van der Waals surface area contributed by atoms with Crippen molar-refractivity contribution in [2.45, 2.75) is 13.8 Å². The molecule has 4 aromatic carbocycles. The number of benzene rings is 4. The SMILES string of the molecule is [2H]C([2H])([2H])c1cc(Oc2cccc(Oc3ccccn3)c2)cc2c1c1c(C)cc(Oc3cccc(Oc4ccccn4)c3)cc1n2-c1ncncn1. The summed E-state index contributed by atoms with van der Waals surface area (Å²) < 4.78 is 52.1. The Kier molecular flexibility index (Phi) is 6.85. The highest BCUT2D eigenvalue weighted by Crippen LogP contribution is 2.41. The largest absolute Gasteiger partial charge is 0.457 e. The molecule has 0 spiro atoms. The Labute approximate surface area is 285 Å². The number of ether oxygens (including phenoxy) is 4. The van der Waals surface area contributed by atoms with Crippen LogP contribution in [0, 0.1) is 13.8 Å². The molecule has 0 aliphatic rings. The number of hydrogen-bond acceptors (Lipinski definition) is 9. The van der Waals surface area contributed by atoms with Gasteiger partial charge in [0.1, 0.15) is 47.2 Å². The van der Waals surface area contributed by atoms with Gasteiger partial charge in [-0.3, -0.25) is 4.57 Å². The number of pyridine rings is 2. The molecule has 4 heterocycles. The summed E-state index contributed by atoms with van der Waals surface area (Å²) in [7, 11) is 0. The van der Waals surface area contributed by atoms with E-state index in [1.807, 2.05) is 55.5 Å². The highest BCUT2D eigenvalue weighted by molar-refractivity contribution is 6.13. The Balaban J connectivity index is 1.24. The molecule has 0 aliphatic heterocycles. The lowest BCUT2D eigenvalue weighted by molar-refractivity contribution is 0.448. The fourth-order valence-corrected chi connectivity index (χ4v) is 5.62. The van der Waals surface area contributed by atoms with Crippen LogP contribution in [0.25, 0.3) is 27.8 Å². The normalized spacial score (nSPS) is 12.2. The molecule has 0 aliphatic carbocycles. The zero-order chi connectivity index (χ0) is 35.7. The first-order valence-corrected chi connectivity index (χ1v) is 15.3. The van der Waals surface area contributed by atoms with Crippen molar-refractivity contribution in [3.05, 3.63) is 145 Å². The summed E-state index contributed by atoms with van der Waals surface area (Å²) in [6.07, 6.45) is 6.07. The van der Waals surface area contributed by atoms with Crippen molar-refractivity contribution < 1.29 is 23.1 Å². The second kappa shape index (κ2) is 12.8. The molecule has 0 N–H and O–H groups in total. The molecule has 0 fully saturated rings. The van der Waals surface area contributed by atoms with E-state index in [1.165, 1.54) is 12.7 Å². The molecule has 10 heteroatoms. The molecule has 8 rings (SSSR count).